The molecule has 2 unspecified atom stereocenters. The molecule has 2 atom stereocenters. The fraction of sp³-hybridized carbons (Fsp3) is 0.625. The molecule has 0 aromatic heterocycles. The maximum atomic E-state index is 8.62. The van der Waals surface area contributed by atoms with Crippen LogP contribution in [0.15, 0.2) is 18.2 Å². The summed E-state index contributed by atoms with van der Waals surface area (Å²) in [7, 11) is 0. The van der Waals surface area contributed by atoms with Crippen molar-refractivity contribution < 1.29 is 9.84 Å². The van der Waals surface area contributed by atoms with Crippen molar-refractivity contribution in [2.75, 3.05) is 26.4 Å². The maximum Gasteiger partial charge on any atom is 0.0697 e. The van der Waals surface area contributed by atoms with Crippen molar-refractivity contribution >= 4 is 0 Å². The number of hydrogen-bond acceptors (Lipinski definition) is 3. The molecule has 0 radical (unpaired) electrons. The predicted molar refractivity (Wildman–Crippen MR) is 77.5 cm³/mol. The molecular formula is C16H25NO2. The third-order valence-corrected chi connectivity index (χ3v) is 3.91. The normalized spacial score (nSPS) is 21.6. The lowest BCUT2D eigenvalue weighted by Crippen LogP contribution is -2.21. The first-order valence-corrected chi connectivity index (χ1v) is 7.25. The molecule has 0 bridgehead atoms. The molecule has 1 aromatic rings. The third kappa shape index (κ3) is 3.56. The summed E-state index contributed by atoms with van der Waals surface area (Å²) in [5.41, 5.74) is 4.43. The number of ether oxygens (including phenoxy) is 1. The summed E-state index contributed by atoms with van der Waals surface area (Å²) in [5.74, 6) is 0.652. The van der Waals surface area contributed by atoms with Crippen LogP contribution in [-0.4, -0.2) is 31.5 Å². The Kier molecular flexibility index (Phi) is 5.37. The van der Waals surface area contributed by atoms with Crippen LogP contribution in [0.25, 0.3) is 0 Å². The third-order valence-electron chi connectivity index (χ3n) is 3.91. The lowest BCUT2D eigenvalue weighted by Gasteiger charge is -2.14. The summed E-state index contributed by atoms with van der Waals surface area (Å²) in [5, 5.41) is 12.2. The van der Waals surface area contributed by atoms with Crippen LogP contribution in [0.2, 0.25) is 0 Å². The van der Waals surface area contributed by atoms with E-state index in [0.717, 1.165) is 19.6 Å². The van der Waals surface area contributed by atoms with E-state index in [-0.39, 0.29) is 6.61 Å². The monoisotopic (exact) mass is 263 g/mol. The molecule has 19 heavy (non-hydrogen) atoms. The second-order valence-corrected chi connectivity index (χ2v) is 5.41. The summed E-state index contributed by atoms with van der Waals surface area (Å²) in [6, 6.07) is 7.11. The van der Waals surface area contributed by atoms with Gasteiger partial charge in [0.15, 0.2) is 0 Å². The van der Waals surface area contributed by atoms with E-state index >= 15 is 0 Å². The van der Waals surface area contributed by atoms with Gasteiger partial charge >= 0.3 is 0 Å². The van der Waals surface area contributed by atoms with E-state index in [2.05, 4.69) is 37.4 Å². The van der Waals surface area contributed by atoms with Gasteiger partial charge in [0.25, 0.3) is 0 Å². The molecule has 1 aliphatic rings. The first kappa shape index (κ1) is 14.5. The number of hydrogen-bond donors (Lipinski definition) is 2. The molecule has 0 fully saturated rings. The second-order valence-electron chi connectivity index (χ2n) is 5.41. The van der Waals surface area contributed by atoms with Gasteiger partial charge in [-0.15, -0.1) is 0 Å². The fourth-order valence-electron chi connectivity index (χ4n) is 3.09. The highest BCUT2D eigenvalue weighted by Crippen LogP contribution is 2.41. The topological polar surface area (TPSA) is 41.5 Å². The predicted octanol–water partition coefficient (Wildman–Crippen LogP) is 2.53. The van der Waals surface area contributed by atoms with Crippen LogP contribution >= 0.6 is 0 Å². The highest BCUT2D eigenvalue weighted by Gasteiger charge is 2.28. The van der Waals surface area contributed by atoms with E-state index in [1.54, 1.807) is 0 Å². The average Bonchev–Trinajstić information content (AvgIpc) is 2.72. The van der Waals surface area contributed by atoms with Crippen LogP contribution in [-0.2, 0) is 4.74 Å². The van der Waals surface area contributed by atoms with Gasteiger partial charge in [0.2, 0.25) is 0 Å². The molecule has 0 heterocycles. The highest BCUT2D eigenvalue weighted by atomic mass is 16.5. The van der Waals surface area contributed by atoms with E-state index in [9.17, 15) is 0 Å². The Morgan fingerprint density at radius 3 is 3.00 bits per heavy atom. The van der Waals surface area contributed by atoms with Gasteiger partial charge in [-0.05, 0) is 48.9 Å². The molecule has 1 aromatic carbocycles. The summed E-state index contributed by atoms with van der Waals surface area (Å²) < 4.78 is 5.27. The van der Waals surface area contributed by atoms with Crippen LogP contribution < -0.4 is 5.32 Å². The Labute approximate surface area is 116 Å². The van der Waals surface area contributed by atoms with Gasteiger partial charge in [0.05, 0.1) is 13.2 Å². The quantitative estimate of drug-likeness (QED) is 0.743. The molecule has 0 saturated heterocycles. The number of aryl methyl sites for hydroxylation is 1. The molecule has 0 aliphatic heterocycles. The molecule has 0 amide bonds. The molecule has 2 rings (SSSR count). The zero-order valence-corrected chi connectivity index (χ0v) is 12.0. The molecular weight excluding hydrogens is 238 g/mol. The summed E-state index contributed by atoms with van der Waals surface area (Å²) >= 11 is 0. The number of nitrogens with one attached hydrogen (secondary N) is 1. The minimum atomic E-state index is 0.111. The number of aliphatic hydroxyl groups excluding tert-OH is 1. The van der Waals surface area contributed by atoms with Gasteiger partial charge in [-0.1, -0.05) is 25.1 Å². The Hall–Kier alpha value is -0.900. The minimum absolute atomic E-state index is 0.111. The average molecular weight is 263 g/mol. The maximum absolute atomic E-state index is 8.62. The summed E-state index contributed by atoms with van der Waals surface area (Å²) in [6.45, 7) is 6.77. The summed E-state index contributed by atoms with van der Waals surface area (Å²) in [4.78, 5) is 0. The zero-order chi connectivity index (χ0) is 13.7. The van der Waals surface area contributed by atoms with Gasteiger partial charge in [0, 0.05) is 12.6 Å². The van der Waals surface area contributed by atoms with Gasteiger partial charge in [0.1, 0.15) is 0 Å². The van der Waals surface area contributed by atoms with Gasteiger partial charge in [-0.2, -0.15) is 0 Å². The number of aliphatic hydroxyl groups is 1. The molecule has 0 saturated carbocycles. The van der Waals surface area contributed by atoms with E-state index < -0.39 is 0 Å². The largest absolute Gasteiger partial charge is 0.394 e. The summed E-state index contributed by atoms with van der Waals surface area (Å²) in [6.07, 6.45) is 2.18. The Balaban J connectivity index is 1.82. The molecule has 2 N–H and O–H groups in total. The fourth-order valence-corrected chi connectivity index (χ4v) is 3.09. The first-order chi connectivity index (χ1) is 9.24. The van der Waals surface area contributed by atoms with Crippen molar-refractivity contribution in [3.8, 4) is 0 Å². The zero-order valence-electron chi connectivity index (χ0n) is 12.0. The van der Waals surface area contributed by atoms with E-state index in [1.807, 2.05) is 0 Å². The molecule has 0 spiro atoms. The van der Waals surface area contributed by atoms with Crippen molar-refractivity contribution in [2.24, 2.45) is 0 Å². The van der Waals surface area contributed by atoms with E-state index in [4.69, 9.17) is 9.84 Å². The van der Waals surface area contributed by atoms with Crippen LogP contribution in [0.1, 0.15) is 48.4 Å². The standard InChI is InChI=1S/C16H25NO2/c1-12-5-3-6-14-15(11-13(2)16(12)14)17-7-4-9-19-10-8-18/h3,5-6,13,15,17-18H,4,7-11H2,1-2H3. The van der Waals surface area contributed by atoms with E-state index in [1.165, 1.54) is 23.1 Å². The van der Waals surface area contributed by atoms with E-state index in [0.29, 0.717) is 18.6 Å². The molecule has 106 valence electrons. The molecule has 3 nitrogen and oxygen atoms in total. The smallest absolute Gasteiger partial charge is 0.0697 e. The van der Waals surface area contributed by atoms with Gasteiger partial charge < -0.3 is 15.2 Å². The van der Waals surface area contributed by atoms with Gasteiger partial charge in [-0.3, -0.25) is 0 Å². The van der Waals surface area contributed by atoms with Crippen LogP contribution in [0.3, 0.4) is 0 Å². The lowest BCUT2D eigenvalue weighted by atomic mass is 9.98. The highest BCUT2D eigenvalue weighted by molar-refractivity contribution is 5.43. The number of rotatable bonds is 7. The SMILES string of the molecule is Cc1cccc2c1C(C)CC2NCCCOCCO. The number of fused-ring (bicyclic) bond motifs is 1. The molecule has 3 heteroatoms. The Morgan fingerprint density at radius 2 is 2.21 bits per heavy atom. The number of benzene rings is 1. The van der Waals surface area contributed by atoms with Crippen LogP contribution in [0.4, 0.5) is 0 Å². The van der Waals surface area contributed by atoms with Crippen LogP contribution in [0.5, 0.6) is 0 Å². The van der Waals surface area contributed by atoms with Crippen molar-refractivity contribution in [1.82, 2.24) is 5.32 Å². The molecule has 1 aliphatic carbocycles. The van der Waals surface area contributed by atoms with Gasteiger partial charge in [-0.25, -0.2) is 0 Å². The van der Waals surface area contributed by atoms with Crippen molar-refractivity contribution in [1.29, 1.82) is 0 Å². The van der Waals surface area contributed by atoms with Crippen molar-refractivity contribution in [3.05, 3.63) is 34.9 Å². The Bertz CT molecular complexity index is 406. The second kappa shape index (κ2) is 7.04. The van der Waals surface area contributed by atoms with Crippen molar-refractivity contribution in [2.45, 2.75) is 38.6 Å². The minimum Gasteiger partial charge on any atom is -0.394 e. The van der Waals surface area contributed by atoms with Crippen LogP contribution in [0, 0.1) is 6.92 Å². The lowest BCUT2D eigenvalue weighted by molar-refractivity contribution is 0.0903. The Morgan fingerprint density at radius 1 is 1.37 bits per heavy atom. The first-order valence-electron chi connectivity index (χ1n) is 7.25. The van der Waals surface area contributed by atoms with Crippen molar-refractivity contribution in [3.63, 3.8) is 0 Å².